The Bertz CT molecular complexity index is 343. The van der Waals surface area contributed by atoms with Gasteiger partial charge in [0, 0.05) is 24.8 Å². The number of hydrogen-bond donors (Lipinski definition) is 0. The quantitative estimate of drug-likeness (QED) is 0.769. The average molecular weight is 229 g/mol. The third kappa shape index (κ3) is 2.47. The molecule has 0 spiro atoms. The van der Waals surface area contributed by atoms with Crippen LogP contribution in [0.5, 0.6) is 0 Å². The van der Waals surface area contributed by atoms with Crippen LogP contribution in [0.2, 0.25) is 0 Å². The molecule has 1 aromatic carbocycles. The maximum atomic E-state index is 3.10. The molecule has 2 fully saturated rings. The first kappa shape index (κ1) is 11.1. The zero-order chi connectivity index (χ0) is 11.5. The van der Waals surface area contributed by atoms with Crippen molar-refractivity contribution in [2.24, 2.45) is 0 Å². The van der Waals surface area contributed by atoms with E-state index in [2.05, 4.69) is 28.0 Å². The number of likely N-dealkylation sites (tertiary alicyclic amines) is 1. The lowest BCUT2D eigenvalue weighted by atomic mass is 10.0. The minimum Gasteiger partial charge on any atom is -0.370 e. The Morgan fingerprint density at radius 1 is 1.00 bits per heavy atom. The standard InChI is InChI=1S/C15H21N2/c1-2-7-14(8-3-1)17-12-6-9-15(13-17)16-10-4-5-11-16/h2-3,7-8,15H,4-6,9-13H2. The van der Waals surface area contributed by atoms with E-state index in [4.69, 9.17) is 0 Å². The lowest BCUT2D eigenvalue weighted by Gasteiger charge is -2.38. The average Bonchev–Trinajstić information content (AvgIpc) is 2.94. The Hall–Kier alpha value is -1.02. The second kappa shape index (κ2) is 5.09. The number of benzene rings is 1. The molecule has 1 unspecified atom stereocenters. The van der Waals surface area contributed by atoms with E-state index in [-0.39, 0.29) is 0 Å². The van der Waals surface area contributed by atoms with Gasteiger partial charge in [0.15, 0.2) is 0 Å². The van der Waals surface area contributed by atoms with Crippen molar-refractivity contribution >= 4 is 5.69 Å². The molecule has 17 heavy (non-hydrogen) atoms. The Kier molecular flexibility index (Phi) is 3.32. The van der Waals surface area contributed by atoms with E-state index < -0.39 is 0 Å². The summed E-state index contributed by atoms with van der Waals surface area (Å²) < 4.78 is 0. The maximum absolute atomic E-state index is 3.10. The van der Waals surface area contributed by atoms with Crippen molar-refractivity contribution in [3.8, 4) is 0 Å². The van der Waals surface area contributed by atoms with Gasteiger partial charge < -0.3 is 4.90 Å². The molecule has 2 saturated heterocycles. The Morgan fingerprint density at radius 2 is 1.76 bits per heavy atom. The van der Waals surface area contributed by atoms with Crippen LogP contribution in [0.15, 0.2) is 24.3 Å². The second-order valence-corrected chi connectivity index (χ2v) is 5.24. The maximum Gasteiger partial charge on any atom is 0.0367 e. The number of anilines is 1. The molecule has 0 aliphatic carbocycles. The molecule has 2 heterocycles. The van der Waals surface area contributed by atoms with Crippen molar-refractivity contribution in [1.29, 1.82) is 0 Å². The van der Waals surface area contributed by atoms with E-state index in [1.807, 2.05) is 12.1 Å². The normalized spacial score (nSPS) is 26.4. The summed E-state index contributed by atoms with van der Waals surface area (Å²) in [5.41, 5.74) is 1.37. The van der Waals surface area contributed by atoms with Gasteiger partial charge in [0.25, 0.3) is 0 Å². The molecule has 0 saturated carbocycles. The lowest BCUT2D eigenvalue weighted by Crippen LogP contribution is -2.47. The van der Waals surface area contributed by atoms with Crippen LogP contribution in [-0.2, 0) is 0 Å². The topological polar surface area (TPSA) is 6.48 Å². The summed E-state index contributed by atoms with van der Waals surface area (Å²) in [6, 6.07) is 12.3. The van der Waals surface area contributed by atoms with Gasteiger partial charge in [-0.05, 0) is 57.0 Å². The van der Waals surface area contributed by atoms with E-state index in [1.54, 1.807) is 0 Å². The van der Waals surface area contributed by atoms with Gasteiger partial charge in [0.2, 0.25) is 0 Å². The number of rotatable bonds is 2. The van der Waals surface area contributed by atoms with Gasteiger partial charge in [0.05, 0.1) is 0 Å². The highest BCUT2D eigenvalue weighted by Gasteiger charge is 2.26. The first-order valence-electron chi connectivity index (χ1n) is 6.88. The lowest BCUT2D eigenvalue weighted by molar-refractivity contribution is 0.215. The van der Waals surface area contributed by atoms with Crippen LogP contribution in [0.3, 0.4) is 0 Å². The summed E-state index contributed by atoms with van der Waals surface area (Å²) >= 11 is 0. The molecule has 2 aliphatic rings. The molecule has 1 radical (unpaired) electrons. The largest absolute Gasteiger partial charge is 0.370 e. The van der Waals surface area contributed by atoms with Crippen LogP contribution in [0.1, 0.15) is 25.7 Å². The molecule has 2 heteroatoms. The van der Waals surface area contributed by atoms with Crippen molar-refractivity contribution < 1.29 is 0 Å². The molecule has 2 aliphatic heterocycles. The SMILES string of the molecule is [c]1ccc(N2CCCC(N3CCCC3)C2)cc1. The third-order valence-electron chi connectivity index (χ3n) is 4.12. The highest BCUT2D eigenvalue weighted by atomic mass is 15.2. The van der Waals surface area contributed by atoms with Crippen LogP contribution in [-0.4, -0.2) is 37.1 Å². The van der Waals surface area contributed by atoms with Gasteiger partial charge >= 0.3 is 0 Å². The second-order valence-electron chi connectivity index (χ2n) is 5.24. The van der Waals surface area contributed by atoms with Crippen molar-refractivity contribution in [1.82, 2.24) is 4.90 Å². The number of hydrogen-bond acceptors (Lipinski definition) is 2. The van der Waals surface area contributed by atoms with Gasteiger partial charge in [-0.1, -0.05) is 12.1 Å². The van der Waals surface area contributed by atoms with Gasteiger partial charge in [0.1, 0.15) is 0 Å². The molecule has 0 bridgehead atoms. The Balaban J connectivity index is 1.67. The molecule has 1 atom stereocenters. The summed E-state index contributed by atoms with van der Waals surface area (Å²) in [6.45, 7) is 5.07. The Labute approximate surface area is 104 Å². The van der Waals surface area contributed by atoms with Crippen molar-refractivity contribution in [2.45, 2.75) is 31.7 Å². The minimum atomic E-state index is 0.787. The first-order valence-corrected chi connectivity index (χ1v) is 6.88. The van der Waals surface area contributed by atoms with Crippen molar-refractivity contribution in [3.05, 3.63) is 30.3 Å². The van der Waals surface area contributed by atoms with Gasteiger partial charge in [-0.15, -0.1) is 0 Å². The predicted octanol–water partition coefficient (Wildman–Crippen LogP) is 2.55. The Morgan fingerprint density at radius 3 is 2.53 bits per heavy atom. The number of nitrogens with zero attached hydrogens (tertiary/aromatic N) is 2. The zero-order valence-corrected chi connectivity index (χ0v) is 10.4. The van der Waals surface area contributed by atoms with Crippen molar-refractivity contribution in [3.63, 3.8) is 0 Å². The van der Waals surface area contributed by atoms with E-state index in [1.165, 1.54) is 57.5 Å². The van der Waals surface area contributed by atoms with E-state index in [9.17, 15) is 0 Å². The molecule has 0 aromatic heterocycles. The highest BCUT2D eigenvalue weighted by molar-refractivity contribution is 5.46. The fraction of sp³-hybridized carbons (Fsp3) is 0.600. The van der Waals surface area contributed by atoms with Crippen LogP contribution < -0.4 is 4.90 Å². The number of piperidine rings is 1. The molecular formula is C15H21N2. The molecular weight excluding hydrogens is 208 g/mol. The molecule has 91 valence electrons. The molecule has 2 nitrogen and oxygen atoms in total. The van der Waals surface area contributed by atoms with Gasteiger partial charge in [-0.25, -0.2) is 0 Å². The minimum absolute atomic E-state index is 0.787. The summed E-state index contributed by atoms with van der Waals surface area (Å²) in [5, 5.41) is 0. The fourth-order valence-corrected chi connectivity index (χ4v) is 3.18. The smallest absolute Gasteiger partial charge is 0.0367 e. The highest BCUT2D eigenvalue weighted by Crippen LogP contribution is 2.24. The van der Waals surface area contributed by atoms with E-state index in [0.29, 0.717) is 0 Å². The van der Waals surface area contributed by atoms with E-state index in [0.717, 1.165) is 6.04 Å². The molecule has 3 rings (SSSR count). The summed E-state index contributed by atoms with van der Waals surface area (Å²) in [4.78, 5) is 5.24. The van der Waals surface area contributed by atoms with Gasteiger partial charge in [-0.3, -0.25) is 4.90 Å². The summed E-state index contributed by atoms with van der Waals surface area (Å²) in [7, 11) is 0. The summed E-state index contributed by atoms with van der Waals surface area (Å²) in [5.74, 6) is 0. The van der Waals surface area contributed by atoms with Crippen LogP contribution in [0.4, 0.5) is 5.69 Å². The van der Waals surface area contributed by atoms with E-state index >= 15 is 0 Å². The molecule has 0 N–H and O–H groups in total. The predicted molar refractivity (Wildman–Crippen MR) is 71.3 cm³/mol. The van der Waals surface area contributed by atoms with Crippen LogP contribution >= 0.6 is 0 Å². The van der Waals surface area contributed by atoms with Crippen molar-refractivity contribution in [2.75, 3.05) is 31.1 Å². The molecule has 1 aromatic rings. The van der Waals surface area contributed by atoms with Crippen LogP contribution in [0, 0.1) is 6.07 Å². The van der Waals surface area contributed by atoms with Gasteiger partial charge in [-0.2, -0.15) is 0 Å². The summed E-state index contributed by atoms with van der Waals surface area (Å²) in [6.07, 6.45) is 5.52. The van der Waals surface area contributed by atoms with Crippen LogP contribution in [0.25, 0.3) is 0 Å². The third-order valence-corrected chi connectivity index (χ3v) is 4.12. The first-order chi connectivity index (χ1) is 8.43. The molecule has 0 amide bonds. The zero-order valence-electron chi connectivity index (χ0n) is 10.4. The fourth-order valence-electron chi connectivity index (χ4n) is 3.18. The monoisotopic (exact) mass is 229 g/mol.